The maximum atomic E-state index is 12.6. The zero-order valence-electron chi connectivity index (χ0n) is 14.4. The first-order valence-electron chi connectivity index (χ1n) is 8.25. The highest BCUT2D eigenvalue weighted by atomic mass is 35.5. The first-order chi connectivity index (χ1) is 10.6. The predicted octanol–water partition coefficient (Wildman–Crippen LogP) is 1.57. The van der Waals surface area contributed by atoms with Crippen LogP contribution in [0.3, 0.4) is 0 Å². The molecule has 3 rings (SSSR count). The van der Waals surface area contributed by atoms with Crippen molar-refractivity contribution in [2.45, 2.75) is 39.3 Å². The van der Waals surface area contributed by atoms with E-state index in [1.54, 1.807) is 0 Å². The lowest BCUT2D eigenvalue weighted by Crippen LogP contribution is -2.51. The van der Waals surface area contributed by atoms with Gasteiger partial charge < -0.3 is 15.0 Å². The van der Waals surface area contributed by atoms with Crippen molar-refractivity contribution in [1.29, 1.82) is 0 Å². The third kappa shape index (κ3) is 5.09. The van der Waals surface area contributed by atoms with Gasteiger partial charge in [-0.2, -0.15) is 5.10 Å². The number of nitrogens with zero attached hydrogens (tertiary/aromatic N) is 3. The zero-order valence-corrected chi connectivity index (χ0v) is 16.0. The molecule has 2 saturated heterocycles. The summed E-state index contributed by atoms with van der Waals surface area (Å²) in [6.45, 7) is 8.63. The third-order valence-electron chi connectivity index (χ3n) is 4.58. The van der Waals surface area contributed by atoms with Crippen molar-refractivity contribution >= 4 is 30.7 Å². The van der Waals surface area contributed by atoms with Gasteiger partial charge in [0.05, 0.1) is 30.9 Å². The van der Waals surface area contributed by atoms with Crippen LogP contribution in [0, 0.1) is 19.8 Å². The fourth-order valence-corrected chi connectivity index (χ4v) is 3.40. The molecule has 1 amide bonds. The number of amides is 1. The number of carbonyl (C=O) groups excluding carboxylic acids is 1. The molecule has 0 radical (unpaired) electrons. The molecule has 0 bridgehead atoms. The Labute approximate surface area is 156 Å². The van der Waals surface area contributed by atoms with E-state index in [1.807, 2.05) is 16.5 Å². The van der Waals surface area contributed by atoms with Crippen LogP contribution >= 0.6 is 24.8 Å². The molecule has 2 atom stereocenters. The van der Waals surface area contributed by atoms with Gasteiger partial charge in [0.25, 0.3) is 0 Å². The Morgan fingerprint density at radius 1 is 1.42 bits per heavy atom. The van der Waals surface area contributed by atoms with Crippen molar-refractivity contribution in [3.05, 3.63) is 17.5 Å². The molecule has 8 heteroatoms. The number of morpholine rings is 1. The van der Waals surface area contributed by atoms with Crippen LogP contribution in [0.5, 0.6) is 0 Å². The molecule has 3 heterocycles. The van der Waals surface area contributed by atoms with Crippen LogP contribution in [-0.2, 0) is 16.1 Å². The number of carbonyl (C=O) groups is 1. The van der Waals surface area contributed by atoms with Gasteiger partial charge in [-0.3, -0.25) is 9.48 Å². The van der Waals surface area contributed by atoms with E-state index in [0.717, 1.165) is 37.3 Å². The Hall–Kier alpha value is -0.820. The van der Waals surface area contributed by atoms with Crippen LogP contribution in [0.1, 0.15) is 24.2 Å². The Bertz CT molecular complexity index is 532. The van der Waals surface area contributed by atoms with Crippen LogP contribution in [0.2, 0.25) is 0 Å². The molecule has 1 aromatic rings. The molecule has 24 heavy (non-hydrogen) atoms. The van der Waals surface area contributed by atoms with Gasteiger partial charge in [-0.15, -0.1) is 24.8 Å². The van der Waals surface area contributed by atoms with Crippen molar-refractivity contribution in [2.75, 3.05) is 32.8 Å². The predicted molar refractivity (Wildman–Crippen MR) is 98.1 cm³/mol. The lowest BCUT2D eigenvalue weighted by molar-refractivity contribution is -0.144. The van der Waals surface area contributed by atoms with Gasteiger partial charge in [-0.25, -0.2) is 0 Å². The molecule has 2 aliphatic rings. The minimum atomic E-state index is 0. The molecule has 1 aromatic heterocycles. The summed E-state index contributed by atoms with van der Waals surface area (Å²) in [5.41, 5.74) is 2.16. The highest BCUT2D eigenvalue weighted by Gasteiger charge is 2.30. The molecule has 6 nitrogen and oxygen atoms in total. The molecule has 0 saturated carbocycles. The van der Waals surface area contributed by atoms with E-state index in [1.165, 1.54) is 0 Å². The SMILES string of the molecule is Cc1cc(C)n(CC2CN(C(=O)C3CCCNC3)CCO2)n1.Cl.Cl. The number of piperidine rings is 1. The molecule has 0 aromatic carbocycles. The van der Waals surface area contributed by atoms with Crippen LogP contribution < -0.4 is 5.32 Å². The van der Waals surface area contributed by atoms with Gasteiger partial charge in [0, 0.05) is 25.3 Å². The minimum absolute atomic E-state index is 0. The number of aromatic nitrogens is 2. The first-order valence-corrected chi connectivity index (χ1v) is 8.25. The summed E-state index contributed by atoms with van der Waals surface area (Å²) >= 11 is 0. The third-order valence-corrected chi connectivity index (χ3v) is 4.58. The van der Waals surface area contributed by atoms with Crippen molar-refractivity contribution in [3.8, 4) is 0 Å². The molecule has 2 aliphatic heterocycles. The summed E-state index contributed by atoms with van der Waals surface area (Å²) in [4.78, 5) is 14.6. The smallest absolute Gasteiger partial charge is 0.227 e. The molecular formula is C16H28Cl2N4O2. The molecule has 138 valence electrons. The highest BCUT2D eigenvalue weighted by Crippen LogP contribution is 2.17. The topological polar surface area (TPSA) is 59.4 Å². The normalized spacial score (nSPS) is 24.0. The largest absolute Gasteiger partial charge is 0.373 e. The van der Waals surface area contributed by atoms with Gasteiger partial charge in [0.15, 0.2) is 0 Å². The number of hydrogen-bond donors (Lipinski definition) is 1. The number of halogens is 2. The lowest BCUT2D eigenvalue weighted by atomic mass is 9.98. The number of rotatable bonds is 3. The van der Waals surface area contributed by atoms with E-state index in [2.05, 4.69) is 23.4 Å². The molecule has 0 spiro atoms. The first kappa shape index (κ1) is 21.2. The van der Waals surface area contributed by atoms with Crippen molar-refractivity contribution < 1.29 is 9.53 Å². The van der Waals surface area contributed by atoms with E-state index >= 15 is 0 Å². The number of hydrogen-bond acceptors (Lipinski definition) is 4. The van der Waals surface area contributed by atoms with Crippen molar-refractivity contribution in [1.82, 2.24) is 20.0 Å². The zero-order chi connectivity index (χ0) is 15.5. The standard InChI is InChI=1S/C16H26N4O2.2ClH/c1-12-8-13(2)20(18-12)11-15-10-19(6-7-22-15)16(21)14-4-3-5-17-9-14;;/h8,14-15,17H,3-7,9-11H2,1-2H3;2*1H. The quantitative estimate of drug-likeness (QED) is 0.866. The van der Waals surface area contributed by atoms with Crippen LogP contribution in [0.25, 0.3) is 0 Å². The van der Waals surface area contributed by atoms with E-state index in [0.29, 0.717) is 26.2 Å². The van der Waals surface area contributed by atoms with Gasteiger partial charge in [-0.05, 0) is 39.3 Å². The summed E-state index contributed by atoms with van der Waals surface area (Å²) in [6, 6.07) is 2.07. The molecule has 2 fully saturated rings. The maximum absolute atomic E-state index is 12.6. The fraction of sp³-hybridized carbons (Fsp3) is 0.750. The van der Waals surface area contributed by atoms with Gasteiger partial charge >= 0.3 is 0 Å². The summed E-state index contributed by atoms with van der Waals surface area (Å²) in [6.07, 6.45) is 2.13. The monoisotopic (exact) mass is 378 g/mol. The fourth-order valence-electron chi connectivity index (χ4n) is 3.40. The van der Waals surface area contributed by atoms with E-state index in [9.17, 15) is 4.79 Å². The second-order valence-electron chi connectivity index (χ2n) is 6.43. The van der Waals surface area contributed by atoms with Gasteiger partial charge in [0.1, 0.15) is 0 Å². The molecule has 1 N–H and O–H groups in total. The summed E-state index contributed by atoms with van der Waals surface area (Å²) in [5, 5.41) is 7.81. The Kier molecular flexibility index (Phi) is 8.50. The average Bonchev–Trinajstić information content (AvgIpc) is 2.85. The number of aryl methyl sites for hydroxylation is 2. The van der Waals surface area contributed by atoms with Crippen molar-refractivity contribution in [2.24, 2.45) is 5.92 Å². The Morgan fingerprint density at radius 2 is 2.21 bits per heavy atom. The minimum Gasteiger partial charge on any atom is -0.373 e. The van der Waals surface area contributed by atoms with Gasteiger partial charge in [0.2, 0.25) is 5.91 Å². The second-order valence-corrected chi connectivity index (χ2v) is 6.43. The van der Waals surface area contributed by atoms with E-state index < -0.39 is 0 Å². The Balaban J connectivity index is 0.00000144. The maximum Gasteiger partial charge on any atom is 0.227 e. The number of ether oxygens (including phenoxy) is 1. The van der Waals surface area contributed by atoms with Gasteiger partial charge in [-0.1, -0.05) is 0 Å². The lowest BCUT2D eigenvalue weighted by Gasteiger charge is -2.36. The summed E-state index contributed by atoms with van der Waals surface area (Å²) in [5.74, 6) is 0.426. The van der Waals surface area contributed by atoms with E-state index in [-0.39, 0.29) is 42.7 Å². The summed E-state index contributed by atoms with van der Waals surface area (Å²) < 4.78 is 7.83. The number of nitrogens with one attached hydrogen (secondary N) is 1. The Morgan fingerprint density at radius 3 is 2.83 bits per heavy atom. The molecule has 0 aliphatic carbocycles. The molecular weight excluding hydrogens is 351 g/mol. The highest BCUT2D eigenvalue weighted by molar-refractivity contribution is 5.85. The van der Waals surface area contributed by atoms with Crippen LogP contribution in [0.4, 0.5) is 0 Å². The van der Waals surface area contributed by atoms with Crippen LogP contribution in [-0.4, -0.2) is 59.5 Å². The van der Waals surface area contributed by atoms with Crippen LogP contribution in [0.15, 0.2) is 6.07 Å². The summed E-state index contributed by atoms with van der Waals surface area (Å²) in [7, 11) is 0. The van der Waals surface area contributed by atoms with Crippen molar-refractivity contribution in [3.63, 3.8) is 0 Å². The van der Waals surface area contributed by atoms with E-state index in [4.69, 9.17) is 4.74 Å². The second kappa shape index (κ2) is 9.61. The molecule has 2 unspecified atom stereocenters. The average molecular weight is 379 g/mol.